The van der Waals surface area contributed by atoms with E-state index in [0.29, 0.717) is 49.8 Å². The maximum Gasteiger partial charge on any atom is 0.254 e. The second kappa shape index (κ2) is 12.6. The van der Waals surface area contributed by atoms with Crippen LogP contribution in [-0.4, -0.2) is 97.7 Å². The predicted molar refractivity (Wildman–Crippen MR) is 155 cm³/mol. The molecule has 4 heterocycles. The Balaban J connectivity index is 1.09. The second-order valence-electron chi connectivity index (χ2n) is 10.6. The van der Waals surface area contributed by atoms with Gasteiger partial charge in [-0.15, -0.1) is 10.2 Å². The third-order valence-corrected chi connectivity index (χ3v) is 7.89. The number of hydrogen-bond donors (Lipinski definition) is 0. The van der Waals surface area contributed by atoms with E-state index in [9.17, 15) is 9.59 Å². The topological polar surface area (TPSA) is 107 Å². The molecule has 3 aliphatic rings. The fourth-order valence-electron chi connectivity index (χ4n) is 5.53. The van der Waals surface area contributed by atoms with Crippen LogP contribution in [0.1, 0.15) is 29.6 Å². The van der Waals surface area contributed by atoms with Gasteiger partial charge in [0.2, 0.25) is 12.7 Å². The molecule has 0 N–H and O–H groups in total. The number of ether oxygens (including phenoxy) is 4. The van der Waals surface area contributed by atoms with E-state index in [1.165, 1.54) is 0 Å². The van der Waals surface area contributed by atoms with Crippen LogP contribution in [0.25, 0.3) is 11.3 Å². The first-order chi connectivity index (χ1) is 20.6. The number of rotatable bonds is 8. The minimum atomic E-state index is -0.221. The number of amides is 2. The first-order valence-electron chi connectivity index (χ1n) is 14.4. The molecule has 3 aliphatic heterocycles. The van der Waals surface area contributed by atoms with Gasteiger partial charge in [-0.3, -0.25) is 9.59 Å². The lowest BCUT2D eigenvalue weighted by Gasteiger charge is -2.28. The number of carbonyl (C=O) groups excluding carboxylic acids is 2. The van der Waals surface area contributed by atoms with Crippen molar-refractivity contribution in [2.24, 2.45) is 0 Å². The molecule has 1 aromatic heterocycles. The summed E-state index contributed by atoms with van der Waals surface area (Å²) in [5.41, 5.74) is 2.21. The van der Waals surface area contributed by atoms with E-state index in [4.69, 9.17) is 18.9 Å². The summed E-state index contributed by atoms with van der Waals surface area (Å²) in [7, 11) is 1.64. The van der Waals surface area contributed by atoms with E-state index in [2.05, 4.69) is 15.1 Å². The Bertz CT molecular complexity index is 1390. The molecule has 11 nitrogen and oxygen atoms in total. The molecule has 11 heteroatoms. The van der Waals surface area contributed by atoms with Gasteiger partial charge in [0.05, 0.1) is 18.9 Å². The molecule has 1 unspecified atom stereocenters. The maximum absolute atomic E-state index is 13.6. The fraction of sp³-hybridized carbons (Fsp3) is 0.419. The van der Waals surface area contributed by atoms with Gasteiger partial charge in [-0.25, -0.2) is 0 Å². The van der Waals surface area contributed by atoms with Crippen LogP contribution in [0.15, 0.2) is 54.6 Å². The molecule has 0 radical (unpaired) electrons. The summed E-state index contributed by atoms with van der Waals surface area (Å²) in [5.74, 6) is 2.42. The van der Waals surface area contributed by atoms with Crippen molar-refractivity contribution in [1.29, 1.82) is 0 Å². The summed E-state index contributed by atoms with van der Waals surface area (Å²) in [5, 5.41) is 8.91. The molecule has 6 rings (SSSR count). The highest BCUT2D eigenvalue weighted by Crippen LogP contribution is 2.33. The number of hydrogen-bond acceptors (Lipinski definition) is 9. The highest BCUT2D eigenvalue weighted by Gasteiger charge is 2.29. The number of methoxy groups -OCH3 is 1. The fourth-order valence-corrected chi connectivity index (χ4v) is 5.53. The lowest BCUT2D eigenvalue weighted by Crippen LogP contribution is -2.46. The lowest BCUT2D eigenvalue weighted by atomic mass is 10.1. The zero-order valence-corrected chi connectivity index (χ0v) is 23.7. The maximum atomic E-state index is 13.6. The molecule has 0 spiro atoms. The quantitative estimate of drug-likeness (QED) is 0.402. The van der Waals surface area contributed by atoms with Crippen molar-refractivity contribution in [3.63, 3.8) is 0 Å². The minimum absolute atomic E-state index is 0.0104. The summed E-state index contributed by atoms with van der Waals surface area (Å²) in [6.45, 7) is 3.70. The normalized spacial score (nSPS) is 18.1. The van der Waals surface area contributed by atoms with Gasteiger partial charge in [-0.2, -0.15) is 0 Å². The SMILES string of the molecule is COc1ccc(-c2ccc(N3CCCN(C(=O)CN(CC4CCCO4)C(=O)c4ccc5c(c4)OCO5)CC3)nn2)cc1. The average Bonchev–Trinajstić information content (AvgIpc) is 3.66. The Morgan fingerprint density at radius 1 is 0.952 bits per heavy atom. The van der Waals surface area contributed by atoms with Crippen molar-refractivity contribution in [3.05, 3.63) is 60.2 Å². The zero-order valence-electron chi connectivity index (χ0n) is 23.7. The Morgan fingerprint density at radius 3 is 2.57 bits per heavy atom. The van der Waals surface area contributed by atoms with Crippen molar-refractivity contribution >= 4 is 17.6 Å². The molecule has 2 fully saturated rings. The summed E-state index contributed by atoms with van der Waals surface area (Å²) < 4.78 is 21.9. The molecular weight excluding hydrogens is 538 g/mol. The average molecular weight is 574 g/mol. The monoisotopic (exact) mass is 573 g/mol. The van der Waals surface area contributed by atoms with E-state index in [-0.39, 0.29) is 31.3 Å². The molecule has 2 amide bonds. The number of aromatic nitrogens is 2. The van der Waals surface area contributed by atoms with Crippen molar-refractivity contribution in [2.75, 3.05) is 64.7 Å². The second-order valence-corrected chi connectivity index (χ2v) is 10.6. The molecule has 2 aromatic carbocycles. The van der Waals surface area contributed by atoms with Gasteiger partial charge in [0.15, 0.2) is 17.3 Å². The van der Waals surface area contributed by atoms with Gasteiger partial charge < -0.3 is 33.6 Å². The Hall–Kier alpha value is -4.38. The van der Waals surface area contributed by atoms with Crippen LogP contribution in [0.5, 0.6) is 17.2 Å². The first kappa shape index (κ1) is 27.8. The number of nitrogens with zero attached hydrogens (tertiary/aromatic N) is 5. The zero-order chi connectivity index (χ0) is 28.9. The Labute approximate surface area is 244 Å². The van der Waals surface area contributed by atoms with Crippen LogP contribution in [0.4, 0.5) is 5.82 Å². The van der Waals surface area contributed by atoms with Crippen LogP contribution < -0.4 is 19.1 Å². The van der Waals surface area contributed by atoms with Crippen LogP contribution in [0, 0.1) is 0 Å². The van der Waals surface area contributed by atoms with E-state index in [0.717, 1.165) is 48.6 Å². The van der Waals surface area contributed by atoms with Crippen molar-refractivity contribution in [2.45, 2.75) is 25.4 Å². The Morgan fingerprint density at radius 2 is 1.81 bits per heavy atom. The molecule has 220 valence electrons. The summed E-state index contributed by atoms with van der Waals surface area (Å²) >= 11 is 0. The largest absolute Gasteiger partial charge is 0.497 e. The number of fused-ring (bicyclic) bond motifs is 1. The highest BCUT2D eigenvalue weighted by atomic mass is 16.7. The summed E-state index contributed by atoms with van der Waals surface area (Å²) in [4.78, 5) is 32.7. The number of carbonyl (C=O) groups is 2. The molecule has 42 heavy (non-hydrogen) atoms. The van der Waals surface area contributed by atoms with Gasteiger partial charge in [0, 0.05) is 50.5 Å². The van der Waals surface area contributed by atoms with Gasteiger partial charge >= 0.3 is 0 Å². The van der Waals surface area contributed by atoms with Gasteiger partial charge in [0.1, 0.15) is 12.3 Å². The summed E-state index contributed by atoms with van der Waals surface area (Å²) in [6, 6.07) is 16.8. The van der Waals surface area contributed by atoms with Gasteiger partial charge in [-0.1, -0.05) is 0 Å². The van der Waals surface area contributed by atoms with Crippen LogP contribution in [0.3, 0.4) is 0 Å². The molecule has 3 aromatic rings. The summed E-state index contributed by atoms with van der Waals surface area (Å²) in [6.07, 6.45) is 2.54. The molecule has 0 bridgehead atoms. The van der Waals surface area contributed by atoms with Gasteiger partial charge in [-0.05, 0) is 73.9 Å². The first-order valence-corrected chi connectivity index (χ1v) is 14.4. The van der Waals surface area contributed by atoms with Crippen molar-refractivity contribution in [3.8, 4) is 28.5 Å². The number of benzene rings is 2. The third kappa shape index (κ3) is 6.25. The van der Waals surface area contributed by atoms with E-state index in [1.54, 1.807) is 30.2 Å². The van der Waals surface area contributed by atoms with Gasteiger partial charge in [0.25, 0.3) is 5.91 Å². The van der Waals surface area contributed by atoms with Crippen LogP contribution >= 0.6 is 0 Å². The van der Waals surface area contributed by atoms with Crippen LogP contribution in [0.2, 0.25) is 0 Å². The molecule has 0 aliphatic carbocycles. The van der Waals surface area contributed by atoms with Crippen molar-refractivity contribution < 1.29 is 28.5 Å². The molecule has 1 atom stereocenters. The van der Waals surface area contributed by atoms with E-state index < -0.39 is 0 Å². The smallest absolute Gasteiger partial charge is 0.254 e. The standard InChI is InChI=1S/C31H35N5O6/c1-39-24-8-5-22(6-9-24)26-10-12-29(33-32-26)34-13-3-14-35(16-15-34)30(37)20-36(19-25-4-2-17-40-25)31(38)23-7-11-27-28(18-23)42-21-41-27/h5-12,18,25H,2-4,13-17,19-21H2,1H3. The van der Waals surface area contributed by atoms with Crippen LogP contribution in [-0.2, 0) is 9.53 Å². The van der Waals surface area contributed by atoms with E-state index >= 15 is 0 Å². The minimum Gasteiger partial charge on any atom is -0.497 e. The Kier molecular flexibility index (Phi) is 8.36. The van der Waals surface area contributed by atoms with Crippen molar-refractivity contribution in [1.82, 2.24) is 20.0 Å². The molecule has 0 saturated carbocycles. The lowest BCUT2D eigenvalue weighted by molar-refractivity contribution is -0.132. The molecule has 2 saturated heterocycles. The predicted octanol–water partition coefficient (Wildman–Crippen LogP) is 3.24. The molecular formula is C31H35N5O6. The highest BCUT2D eigenvalue weighted by molar-refractivity contribution is 5.97. The number of anilines is 1. The van der Waals surface area contributed by atoms with E-state index in [1.807, 2.05) is 41.3 Å². The third-order valence-electron chi connectivity index (χ3n) is 7.89.